The molecule has 0 radical (unpaired) electrons. The molecule has 0 unspecified atom stereocenters. The second kappa shape index (κ2) is 8.54. The molecule has 2 amide bonds. The van der Waals surface area contributed by atoms with Crippen LogP contribution in [0.1, 0.15) is 35.3 Å². The van der Waals surface area contributed by atoms with E-state index in [0.29, 0.717) is 5.56 Å². The Morgan fingerprint density at radius 1 is 0.970 bits per heavy atom. The molecule has 0 bridgehead atoms. The molecule has 4 nitrogen and oxygen atoms in total. The molecule has 1 atom stereocenters. The van der Waals surface area contributed by atoms with E-state index in [1.165, 1.54) is 12.1 Å². The number of carbonyl (C=O) groups excluding carboxylic acids is 1. The van der Waals surface area contributed by atoms with Crippen molar-refractivity contribution in [2.75, 3.05) is 5.32 Å². The van der Waals surface area contributed by atoms with Crippen molar-refractivity contribution in [2.45, 2.75) is 25.9 Å². The summed E-state index contributed by atoms with van der Waals surface area (Å²) in [4.78, 5) is 15.3. The Labute approximate surface area is 191 Å². The molecule has 2 heterocycles. The highest BCUT2D eigenvalue weighted by Crippen LogP contribution is 2.37. The van der Waals surface area contributed by atoms with Crippen LogP contribution >= 0.6 is 0 Å². The minimum atomic E-state index is -0.689. The molecule has 0 saturated carbocycles. The van der Waals surface area contributed by atoms with Crippen molar-refractivity contribution in [3.05, 3.63) is 119 Å². The van der Waals surface area contributed by atoms with E-state index < -0.39 is 17.7 Å². The number of benzene rings is 3. The third-order valence-corrected chi connectivity index (χ3v) is 6.07. The first-order valence-corrected chi connectivity index (χ1v) is 10.9. The van der Waals surface area contributed by atoms with Gasteiger partial charge in [-0.1, -0.05) is 43.3 Å². The normalized spacial score (nSPS) is 14.9. The van der Waals surface area contributed by atoms with Crippen molar-refractivity contribution >= 4 is 11.7 Å². The molecule has 0 saturated heterocycles. The molecule has 4 aromatic rings. The van der Waals surface area contributed by atoms with Gasteiger partial charge in [0.1, 0.15) is 11.6 Å². The summed E-state index contributed by atoms with van der Waals surface area (Å²) >= 11 is 0. The number of hydrogen-bond donors (Lipinski definition) is 1. The molecule has 0 aliphatic carbocycles. The summed E-state index contributed by atoms with van der Waals surface area (Å²) in [6.45, 7) is 2.30. The molecule has 3 aromatic carbocycles. The van der Waals surface area contributed by atoms with Gasteiger partial charge in [-0.15, -0.1) is 0 Å². The first-order valence-electron chi connectivity index (χ1n) is 10.9. The van der Waals surface area contributed by atoms with Crippen molar-refractivity contribution in [1.29, 1.82) is 0 Å². The maximum absolute atomic E-state index is 14.3. The van der Waals surface area contributed by atoms with Crippen LogP contribution in [0.15, 0.2) is 85.1 Å². The SMILES string of the molecule is CCc1ccccc1NC(=O)N1Cc2ccccc2-n2cccc2[C@@H]1c1cc(F)cc(F)c1. The van der Waals surface area contributed by atoms with Crippen LogP contribution in [0.4, 0.5) is 19.3 Å². The highest BCUT2D eigenvalue weighted by molar-refractivity contribution is 5.91. The number of para-hydroxylation sites is 2. The van der Waals surface area contributed by atoms with Gasteiger partial charge in [0.05, 0.1) is 18.3 Å². The van der Waals surface area contributed by atoms with Crippen LogP contribution in [0.2, 0.25) is 0 Å². The molecule has 1 aliphatic heterocycles. The van der Waals surface area contributed by atoms with Gasteiger partial charge in [-0.25, -0.2) is 13.6 Å². The van der Waals surface area contributed by atoms with Crippen molar-refractivity contribution in [3.8, 4) is 5.69 Å². The Hall–Kier alpha value is -3.93. The van der Waals surface area contributed by atoms with Crippen LogP contribution in [0, 0.1) is 11.6 Å². The monoisotopic (exact) mass is 443 g/mol. The summed E-state index contributed by atoms with van der Waals surface area (Å²) in [5, 5.41) is 3.03. The summed E-state index contributed by atoms with van der Waals surface area (Å²) < 4.78 is 30.5. The van der Waals surface area contributed by atoms with Crippen molar-refractivity contribution < 1.29 is 13.6 Å². The van der Waals surface area contributed by atoms with Crippen LogP contribution in [0.3, 0.4) is 0 Å². The molecule has 1 aromatic heterocycles. The van der Waals surface area contributed by atoms with E-state index in [4.69, 9.17) is 0 Å². The number of anilines is 1. The summed E-state index contributed by atoms with van der Waals surface area (Å²) in [7, 11) is 0. The van der Waals surface area contributed by atoms with E-state index in [1.807, 2.05) is 78.4 Å². The molecule has 1 aliphatic rings. The van der Waals surface area contributed by atoms with Gasteiger partial charge in [-0.2, -0.15) is 0 Å². The lowest BCUT2D eigenvalue weighted by atomic mass is 10.0. The van der Waals surface area contributed by atoms with Crippen LogP contribution in [-0.4, -0.2) is 15.5 Å². The zero-order valence-electron chi connectivity index (χ0n) is 18.1. The zero-order chi connectivity index (χ0) is 22.9. The average Bonchev–Trinajstić information content (AvgIpc) is 3.22. The minimum absolute atomic E-state index is 0.279. The zero-order valence-corrected chi connectivity index (χ0v) is 18.1. The quantitative estimate of drug-likeness (QED) is 0.388. The van der Waals surface area contributed by atoms with Gasteiger partial charge in [-0.05, 0) is 59.5 Å². The van der Waals surface area contributed by atoms with E-state index in [2.05, 4.69) is 5.32 Å². The highest BCUT2D eigenvalue weighted by atomic mass is 19.1. The Morgan fingerprint density at radius 3 is 2.48 bits per heavy atom. The third-order valence-electron chi connectivity index (χ3n) is 6.07. The molecule has 0 fully saturated rings. The fourth-order valence-electron chi connectivity index (χ4n) is 4.56. The van der Waals surface area contributed by atoms with Gasteiger partial charge in [0.25, 0.3) is 0 Å². The summed E-state index contributed by atoms with van der Waals surface area (Å²) in [6.07, 6.45) is 2.67. The van der Waals surface area contributed by atoms with Crippen molar-refractivity contribution in [1.82, 2.24) is 9.47 Å². The van der Waals surface area contributed by atoms with Crippen molar-refractivity contribution in [3.63, 3.8) is 0 Å². The predicted molar refractivity (Wildman–Crippen MR) is 124 cm³/mol. The van der Waals surface area contributed by atoms with Crippen LogP contribution in [0.5, 0.6) is 0 Å². The lowest BCUT2D eigenvalue weighted by molar-refractivity contribution is 0.194. The Balaban J connectivity index is 1.66. The number of amides is 2. The number of urea groups is 1. The largest absolute Gasteiger partial charge is 0.322 e. The molecule has 1 N–H and O–H groups in total. The second-order valence-corrected chi connectivity index (χ2v) is 8.11. The predicted octanol–water partition coefficient (Wildman–Crippen LogP) is 6.46. The minimum Gasteiger partial charge on any atom is -0.318 e. The van der Waals surface area contributed by atoms with Crippen molar-refractivity contribution in [2.24, 2.45) is 0 Å². The highest BCUT2D eigenvalue weighted by Gasteiger charge is 2.33. The van der Waals surface area contributed by atoms with Crippen LogP contribution in [0.25, 0.3) is 5.69 Å². The standard InChI is InChI=1S/C27H23F2N3O/c1-2-18-8-3-5-10-23(18)30-27(33)32-17-19-9-4-6-11-24(19)31-13-7-12-25(31)26(32)20-14-21(28)16-22(29)15-20/h3-16,26H,2,17H2,1H3,(H,30,33)/t26-/m0/s1. The molecule has 166 valence electrons. The van der Waals surface area contributed by atoms with E-state index in [1.54, 1.807) is 4.90 Å². The van der Waals surface area contributed by atoms with Gasteiger partial charge in [0, 0.05) is 23.6 Å². The topological polar surface area (TPSA) is 37.3 Å². The Morgan fingerprint density at radius 2 is 1.70 bits per heavy atom. The van der Waals surface area contributed by atoms with Gasteiger partial charge < -0.3 is 14.8 Å². The van der Waals surface area contributed by atoms with Gasteiger partial charge in [0.2, 0.25) is 0 Å². The number of aromatic nitrogens is 1. The summed E-state index contributed by atoms with van der Waals surface area (Å²) in [5.74, 6) is -1.36. The van der Waals surface area contributed by atoms with Gasteiger partial charge >= 0.3 is 6.03 Å². The lowest BCUT2D eigenvalue weighted by Crippen LogP contribution is -2.38. The number of halogens is 2. The fourth-order valence-corrected chi connectivity index (χ4v) is 4.56. The molecule has 33 heavy (non-hydrogen) atoms. The smallest absolute Gasteiger partial charge is 0.318 e. The average molecular weight is 443 g/mol. The first kappa shape index (κ1) is 20.9. The number of carbonyl (C=O) groups is 1. The summed E-state index contributed by atoms with van der Waals surface area (Å²) in [5.41, 5.74) is 4.74. The van der Waals surface area contributed by atoms with E-state index in [0.717, 1.165) is 40.7 Å². The Kier molecular flexibility index (Phi) is 5.42. The Bertz CT molecular complexity index is 1310. The number of nitrogens with zero attached hydrogens (tertiary/aromatic N) is 2. The third kappa shape index (κ3) is 3.89. The molecular weight excluding hydrogens is 420 g/mol. The van der Waals surface area contributed by atoms with E-state index >= 15 is 0 Å². The molecule has 6 heteroatoms. The number of fused-ring (bicyclic) bond motifs is 3. The second-order valence-electron chi connectivity index (χ2n) is 8.11. The first-order chi connectivity index (χ1) is 16.0. The number of aryl methyl sites for hydroxylation is 1. The number of nitrogens with one attached hydrogen (secondary N) is 1. The van der Waals surface area contributed by atoms with E-state index in [-0.39, 0.29) is 12.6 Å². The number of rotatable bonds is 3. The molecular formula is C27H23F2N3O. The van der Waals surface area contributed by atoms with Gasteiger partial charge in [-0.3, -0.25) is 0 Å². The van der Waals surface area contributed by atoms with E-state index in [9.17, 15) is 13.6 Å². The molecule has 5 rings (SSSR count). The lowest BCUT2D eigenvalue weighted by Gasteiger charge is -2.31. The fraction of sp³-hybridized carbons (Fsp3) is 0.148. The van der Waals surface area contributed by atoms with Crippen LogP contribution < -0.4 is 5.32 Å². The number of hydrogen-bond acceptors (Lipinski definition) is 1. The maximum atomic E-state index is 14.3. The molecule has 0 spiro atoms. The maximum Gasteiger partial charge on any atom is 0.322 e. The summed E-state index contributed by atoms with van der Waals surface area (Å²) in [6, 6.07) is 21.6. The van der Waals surface area contributed by atoms with Crippen LogP contribution in [-0.2, 0) is 13.0 Å². The van der Waals surface area contributed by atoms with Gasteiger partial charge in [0.15, 0.2) is 0 Å².